The van der Waals surface area contributed by atoms with E-state index in [1.54, 1.807) is 12.0 Å². The Morgan fingerprint density at radius 2 is 1.93 bits per heavy atom. The number of hydrogen-bond acceptors (Lipinski definition) is 7. The highest BCUT2D eigenvalue weighted by Crippen LogP contribution is 2.44. The van der Waals surface area contributed by atoms with Crippen molar-refractivity contribution < 1.29 is 14.3 Å². The van der Waals surface area contributed by atoms with Crippen LogP contribution in [0.5, 0.6) is 11.6 Å². The summed E-state index contributed by atoms with van der Waals surface area (Å²) in [7, 11) is 1.60. The molecule has 30 heavy (non-hydrogen) atoms. The van der Waals surface area contributed by atoms with Crippen LogP contribution in [0.3, 0.4) is 0 Å². The van der Waals surface area contributed by atoms with Crippen molar-refractivity contribution in [3.05, 3.63) is 54.1 Å². The van der Waals surface area contributed by atoms with Gasteiger partial charge in [0.25, 0.3) is 0 Å². The molecule has 1 aliphatic rings. The molecule has 0 fully saturated rings. The molecule has 4 rings (SSSR count). The van der Waals surface area contributed by atoms with Crippen molar-refractivity contribution in [1.82, 2.24) is 15.2 Å². The van der Waals surface area contributed by atoms with Gasteiger partial charge in [0.2, 0.25) is 23.2 Å². The molecule has 7 nitrogen and oxygen atoms in total. The number of methoxy groups -OCH3 is 1. The number of ether oxygens (including phenoxy) is 2. The number of amides is 1. The van der Waals surface area contributed by atoms with Gasteiger partial charge in [-0.25, -0.2) is 0 Å². The zero-order valence-corrected chi connectivity index (χ0v) is 17.8. The van der Waals surface area contributed by atoms with E-state index < -0.39 is 6.23 Å². The molecule has 0 bridgehead atoms. The second kappa shape index (κ2) is 8.71. The number of aromatic nitrogens is 3. The molecule has 0 radical (unpaired) electrons. The summed E-state index contributed by atoms with van der Waals surface area (Å²) >= 11 is 1.52. The molecule has 0 spiro atoms. The summed E-state index contributed by atoms with van der Waals surface area (Å²) in [5.41, 5.74) is 2.66. The third-order valence-electron chi connectivity index (χ3n) is 4.69. The van der Waals surface area contributed by atoms with Crippen LogP contribution in [-0.2, 0) is 4.79 Å². The van der Waals surface area contributed by atoms with Crippen LogP contribution in [0.2, 0.25) is 0 Å². The number of hydrogen-bond donors (Lipinski definition) is 0. The predicted octanol–water partition coefficient (Wildman–Crippen LogP) is 4.49. The van der Waals surface area contributed by atoms with Gasteiger partial charge >= 0.3 is 0 Å². The lowest BCUT2D eigenvalue weighted by atomic mass is 10.1. The lowest BCUT2D eigenvalue weighted by Gasteiger charge is -2.30. The van der Waals surface area contributed by atoms with Crippen LogP contribution in [0, 0.1) is 0 Å². The molecular formula is C22H22N4O3S. The number of thioether (sulfide) groups is 1. The number of rotatable bonds is 5. The third-order valence-corrected chi connectivity index (χ3v) is 5.73. The summed E-state index contributed by atoms with van der Waals surface area (Å²) in [6.07, 6.45) is 0.235. The molecule has 0 saturated heterocycles. The topological polar surface area (TPSA) is 77.4 Å². The first kappa shape index (κ1) is 20.2. The number of carbonyl (C=O) groups excluding carboxylic acids is 1. The Hall–Kier alpha value is -3.13. The van der Waals surface area contributed by atoms with Gasteiger partial charge in [0.15, 0.2) is 5.69 Å². The summed E-state index contributed by atoms with van der Waals surface area (Å²) in [6, 6.07) is 15.0. The first-order valence-electron chi connectivity index (χ1n) is 9.70. The number of benzene rings is 2. The standard InChI is InChI=1S/C22H22N4O3S/c1-4-13-30-22-23-20-19(24-25-22)15-9-5-7-11-17(15)26(14(2)27)21(29-20)16-10-6-8-12-18(16)28-3/h5-12,21H,4,13H2,1-3H3/t21-/m0/s1. The fourth-order valence-electron chi connectivity index (χ4n) is 3.38. The number of nitrogens with zero attached hydrogens (tertiary/aromatic N) is 4. The molecule has 2 heterocycles. The van der Waals surface area contributed by atoms with Gasteiger partial charge in [-0.15, -0.1) is 10.2 Å². The van der Waals surface area contributed by atoms with Gasteiger partial charge in [0.1, 0.15) is 5.75 Å². The molecule has 0 saturated carbocycles. The second-order valence-corrected chi connectivity index (χ2v) is 7.78. The molecule has 8 heteroatoms. The average Bonchev–Trinajstić information content (AvgIpc) is 2.91. The number of anilines is 1. The third kappa shape index (κ3) is 3.70. The predicted molar refractivity (Wildman–Crippen MR) is 116 cm³/mol. The van der Waals surface area contributed by atoms with Crippen LogP contribution in [0.4, 0.5) is 5.69 Å². The highest BCUT2D eigenvalue weighted by atomic mass is 32.2. The van der Waals surface area contributed by atoms with Gasteiger partial charge < -0.3 is 9.47 Å². The van der Waals surface area contributed by atoms with Crippen LogP contribution < -0.4 is 14.4 Å². The minimum atomic E-state index is -0.762. The molecule has 1 aromatic heterocycles. The Morgan fingerprint density at radius 3 is 2.70 bits per heavy atom. The largest absolute Gasteiger partial charge is 0.496 e. The first-order valence-corrected chi connectivity index (χ1v) is 10.7. The van der Waals surface area contributed by atoms with Crippen LogP contribution in [-0.4, -0.2) is 34.0 Å². The number of para-hydroxylation sites is 2. The van der Waals surface area contributed by atoms with Gasteiger partial charge in [0, 0.05) is 18.2 Å². The minimum absolute atomic E-state index is 0.167. The van der Waals surface area contributed by atoms with Gasteiger partial charge in [0.05, 0.1) is 18.4 Å². The van der Waals surface area contributed by atoms with E-state index in [1.165, 1.54) is 18.7 Å². The van der Waals surface area contributed by atoms with E-state index in [4.69, 9.17) is 9.47 Å². The summed E-state index contributed by atoms with van der Waals surface area (Å²) in [6.45, 7) is 3.61. The van der Waals surface area contributed by atoms with Crippen LogP contribution >= 0.6 is 11.8 Å². The molecule has 1 amide bonds. The summed E-state index contributed by atoms with van der Waals surface area (Å²) in [5, 5.41) is 9.22. The molecule has 1 aliphatic heterocycles. The van der Waals surface area contributed by atoms with Crippen LogP contribution in [0.1, 0.15) is 32.1 Å². The monoisotopic (exact) mass is 422 g/mol. The molecular weight excluding hydrogens is 400 g/mol. The highest BCUT2D eigenvalue weighted by molar-refractivity contribution is 7.99. The van der Waals surface area contributed by atoms with Crippen molar-refractivity contribution in [3.8, 4) is 22.9 Å². The fraction of sp³-hybridized carbons (Fsp3) is 0.273. The summed E-state index contributed by atoms with van der Waals surface area (Å²) < 4.78 is 11.9. The lowest BCUT2D eigenvalue weighted by molar-refractivity contribution is -0.118. The van der Waals surface area contributed by atoms with Crippen LogP contribution in [0.25, 0.3) is 11.3 Å². The van der Waals surface area contributed by atoms with E-state index in [-0.39, 0.29) is 5.91 Å². The molecule has 3 aromatic rings. The fourth-order valence-corrected chi connectivity index (χ4v) is 4.01. The Kier molecular flexibility index (Phi) is 5.85. The van der Waals surface area contributed by atoms with E-state index >= 15 is 0 Å². The van der Waals surface area contributed by atoms with Crippen molar-refractivity contribution in [2.24, 2.45) is 0 Å². The van der Waals surface area contributed by atoms with E-state index in [0.29, 0.717) is 28.2 Å². The van der Waals surface area contributed by atoms with E-state index in [0.717, 1.165) is 23.3 Å². The average molecular weight is 423 g/mol. The maximum Gasteiger partial charge on any atom is 0.247 e. The van der Waals surface area contributed by atoms with Crippen molar-refractivity contribution in [3.63, 3.8) is 0 Å². The molecule has 0 aliphatic carbocycles. The SMILES string of the molecule is CCCSc1nnc2c(n1)O[C@@H](c1ccccc1OC)N(C(C)=O)c1ccccc1-2. The minimum Gasteiger partial charge on any atom is -0.496 e. The molecule has 1 atom stereocenters. The molecule has 154 valence electrons. The number of carbonyl (C=O) groups is 1. The Labute approximate surface area is 179 Å². The van der Waals surface area contributed by atoms with Gasteiger partial charge in [-0.3, -0.25) is 9.69 Å². The van der Waals surface area contributed by atoms with Gasteiger partial charge in [-0.05, 0) is 24.6 Å². The van der Waals surface area contributed by atoms with Crippen molar-refractivity contribution in [2.45, 2.75) is 31.7 Å². The van der Waals surface area contributed by atoms with E-state index in [2.05, 4.69) is 22.1 Å². The first-order chi connectivity index (χ1) is 14.6. The Morgan fingerprint density at radius 1 is 1.17 bits per heavy atom. The maximum absolute atomic E-state index is 12.8. The molecule has 0 N–H and O–H groups in total. The van der Waals surface area contributed by atoms with E-state index in [1.807, 2.05) is 48.5 Å². The summed E-state index contributed by atoms with van der Waals surface area (Å²) in [5.74, 6) is 1.68. The lowest BCUT2D eigenvalue weighted by Crippen LogP contribution is -2.36. The maximum atomic E-state index is 12.8. The van der Waals surface area contributed by atoms with Crippen molar-refractivity contribution in [1.29, 1.82) is 0 Å². The number of fused-ring (bicyclic) bond motifs is 3. The Balaban J connectivity index is 1.93. The summed E-state index contributed by atoms with van der Waals surface area (Å²) in [4.78, 5) is 19.0. The van der Waals surface area contributed by atoms with Crippen LogP contribution in [0.15, 0.2) is 53.7 Å². The zero-order valence-electron chi connectivity index (χ0n) is 17.0. The smallest absolute Gasteiger partial charge is 0.247 e. The highest BCUT2D eigenvalue weighted by Gasteiger charge is 2.35. The van der Waals surface area contributed by atoms with Crippen molar-refractivity contribution in [2.75, 3.05) is 17.8 Å². The normalized spacial score (nSPS) is 14.9. The molecule has 2 aromatic carbocycles. The van der Waals surface area contributed by atoms with E-state index in [9.17, 15) is 4.79 Å². The van der Waals surface area contributed by atoms with Gasteiger partial charge in [-0.2, -0.15) is 4.98 Å². The Bertz CT molecular complexity index is 1080. The zero-order chi connectivity index (χ0) is 21.1. The second-order valence-electron chi connectivity index (χ2n) is 6.71. The quantitative estimate of drug-likeness (QED) is 0.561. The molecule has 0 unspecified atom stereocenters. The van der Waals surface area contributed by atoms with Crippen molar-refractivity contribution >= 4 is 23.4 Å². The van der Waals surface area contributed by atoms with Gasteiger partial charge in [-0.1, -0.05) is 49.0 Å².